The molecule has 7 heteroatoms. The van der Waals surface area contributed by atoms with Gasteiger partial charge < -0.3 is 9.97 Å². The van der Waals surface area contributed by atoms with Crippen LogP contribution in [0.5, 0.6) is 0 Å². The number of aromatic nitrogens is 4. The Balaban J connectivity index is 2.45. The van der Waals surface area contributed by atoms with Gasteiger partial charge in [-0.15, -0.1) is 10.2 Å². The number of aromatic amines is 3. The summed E-state index contributed by atoms with van der Waals surface area (Å²) in [5.41, 5.74) is 10.9. The molecule has 0 spiro atoms. The summed E-state index contributed by atoms with van der Waals surface area (Å²) in [5, 5.41) is 10.5. The molecule has 4 N–H and O–H groups in total. The lowest BCUT2D eigenvalue weighted by Gasteiger charge is -2.02. The number of hydrogen-bond donors (Lipinski definition) is 4. The van der Waals surface area contributed by atoms with Crippen molar-refractivity contribution in [1.82, 2.24) is 20.2 Å². The van der Waals surface area contributed by atoms with E-state index in [0.717, 1.165) is 21.2 Å². The lowest BCUT2D eigenvalue weighted by atomic mass is 10.2. The zero-order chi connectivity index (χ0) is 11.8. The van der Waals surface area contributed by atoms with E-state index in [1.165, 1.54) is 16.9 Å². The van der Waals surface area contributed by atoms with E-state index in [2.05, 4.69) is 31.3 Å². The van der Waals surface area contributed by atoms with Crippen LogP contribution in [0.1, 0.15) is 5.56 Å². The van der Waals surface area contributed by atoms with E-state index in [9.17, 15) is 0 Å². The Labute approximate surface area is 99.6 Å². The van der Waals surface area contributed by atoms with Gasteiger partial charge in [-0.1, -0.05) is 17.4 Å². The van der Waals surface area contributed by atoms with Crippen LogP contribution in [-0.4, -0.2) is 20.2 Å². The quantitative estimate of drug-likeness (QED) is 0.488. The maximum atomic E-state index is 6.94. The number of nitrogens with zero attached hydrogens (tertiary/aromatic N) is 2. The first-order valence-corrected chi connectivity index (χ1v) is 5.86. The van der Waals surface area contributed by atoms with Crippen LogP contribution in [0.15, 0.2) is 23.3 Å². The zero-order valence-electron chi connectivity index (χ0n) is 9.03. The van der Waals surface area contributed by atoms with Gasteiger partial charge in [-0.05, 0) is 24.6 Å². The lowest BCUT2D eigenvalue weighted by molar-refractivity contribution is 0.934. The summed E-state index contributed by atoms with van der Waals surface area (Å²) >= 11 is 1.32. The summed E-state index contributed by atoms with van der Waals surface area (Å²) in [6, 6.07) is 6.13. The number of fused-ring (bicyclic) bond motifs is 1. The first-order valence-electron chi connectivity index (χ1n) is 5.04. The molecule has 0 aliphatic carbocycles. The normalized spacial score (nSPS) is 10.9. The summed E-state index contributed by atoms with van der Waals surface area (Å²) in [7, 11) is 0. The standard InChI is InChI=1S/C10H10N6S/c1-5-2-3-6-7(4-5)13-9-8(12-6)15-16-10(14-11)17-9/h2-4,11-13,15H,1H3. The van der Waals surface area contributed by atoms with Crippen molar-refractivity contribution in [3.8, 4) is 0 Å². The summed E-state index contributed by atoms with van der Waals surface area (Å²) in [5.74, 6) is 0. The van der Waals surface area contributed by atoms with Gasteiger partial charge in [-0.25, -0.2) is 5.53 Å². The monoisotopic (exact) mass is 246 g/mol. The molecule has 0 saturated carbocycles. The maximum absolute atomic E-state index is 6.94. The van der Waals surface area contributed by atoms with Crippen molar-refractivity contribution < 1.29 is 0 Å². The van der Waals surface area contributed by atoms with Crippen molar-refractivity contribution in [2.24, 2.45) is 5.11 Å². The minimum Gasteiger partial charge on any atom is -0.342 e. The fourth-order valence-electron chi connectivity index (χ4n) is 1.67. The second kappa shape index (κ2) is 3.70. The fraction of sp³-hybridized carbons (Fsp3) is 0.100. The van der Waals surface area contributed by atoms with Crippen molar-refractivity contribution in [2.45, 2.75) is 6.92 Å². The summed E-state index contributed by atoms with van der Waals surface area (Å²) in [6.07, 6.45) is 0. The van der Waals surface area contributed by atoms with E-state index in [-0.39, 0.29) is 0 Å². The van der Waals surface area contributed by atoms with E-state index in [1.54, 1.807) is 0 Å². The van der Waals surface area contributed by atoms with Gasteiger partial charge in [-0.2, -0.15) is 0 Å². The van der Waals surface area contributed by atoms with Crippen molar-refractivity contribution in [1.29, 1.82) is 5.53 Å². The number of hydrogen-bond acceptors (Lipinski definition) is 4. The topological polar surface area (TPSA) is 96.5 Å². The Bertz CT molecular complexity index is 787. The fourth-order valence-corrected chi connectivity index (χ4v) is 2.35. The van der Waals surface area contributed by atoms with Crippen LogP contribution in [0.4, 0.5) is 5.13 Å². The molecule has 6 nitrogen and oxygen atoms in total. The molecule has 0 bridgehead atoms. The minimum absolute atomic E-state index is 0.383. The second-order valence-corrected chi connectivity index (χ2v) is 4.70. The smallest absolute Gasteiger partial charge is 0.248 e. The van der Waals surface area contributed by atoms with Crippen LogP contribution in [-0.2, 0) is 0 Å². The molecular weight excluding hydrogens is 236 g/mol. The molecule has 0 saturated heterocycles. The molecule has 1 aromatic rings. The largest absolute Gasteiger partial charge is 0.342 e. The van der Waals surface area contributed by atoms with Gasteiger partial charge in [0.2, 0.25) is 5.13 Å². The van der Waals surface area contributed by atoms with Crippen LogP contribution < -0.4 is 0 Å². The first-order chi connectivity index (χ1) is 8.26. The van der Waals surface area contributed by atoms with Crippen molar-refractivity contribution in [3.05, 3.63) is 33.9 Å². The van der Waals surface area contributed by atoms with Crippen molar-refractivity contribution >= 4 is 27.5 Å². The molecule has 0 fully saturated rings. The highest BCUT2D eigenvalue weighted by Gasteiger charge is 1.99. The Kier molecular flexibility index (Phi) is 2.19. The summed E-state index contributed by atoms with van der Waals surface area (Å²) in [4.78, 5) is 6.54. The Morgan fingerprint density at radius 3 is 3.00 bits per heavy atom. The van der Waals surface area contributed by atoms with E-state index in [4.69, 9.17) is 5.53 Å². The molecule has 3 rings (SSSR count). The number of nitrogens with one attached hydrogen (secondary N) is 4. The number of rotatable bonds is 1. The van der Waals surface area contributed by atoms with E-state index in [0.29, 0.717) is 5.13 Å². The zero-order valence-corrected chi connectivity index (χ0v) is 9.85. The lowest BCUT2D eigenvalue weighted by Crippen LogP contribution is -1.93. The third-order valence-corrected chi connectivity index (χ3v) is 3.34. The number of aryl methyl sites for hydroxylation is 1. The second-order valence-electron chi connectivity index (χ2n) is 3.72. The van der Waals surface area contributed by atoms with Crippen LogP contribution in [0.25, 0.3) is 11.0 Å². The molecule has 2 aliphatic rings. The average molecular weight is 246 g/mol. The third kappa shape index (κ3) is 1.70. The predicted molar refractivity (Wildman–Crippen MR) is 65.1 cm³/mol. The highest BCUT2D eigenvalue weighted by molar-refractivity contribution is 7.12. The minimum atomic E-state index is 0.383. The van der Waals surface area contributed by atoms with Crippen molar-refractivity contribution in [2.75, 3.05) is 0 Å². The molecule has 0 radical (unpaired) electrons. The number of H-pyrrole nitrogens is 3. The molecular formula is C10H10N6S. The van der Waals surface area contributed by atoms with Gasteiger partial charge in [0.05, 0.1) is 11.0 Å². The van der Waals surface area contributed by atoms with Gasteiger partial charge in [-0.3, -0.25) is 5.10 Å². The third-order valence-electron chi connectivity index (χ3n) is 2.46. The molecule has 86 valence electrons. The van der Waals surface area contributed by atoms with Crippen LogP contribution in [0, 0.1) is 22.6 Å². The molecule has 0 aromatic heterocycles. The average Bonchev–Trinajstić information content (AvgIpc) is 2.35. The highest BCUT2D eigenvalue weighted by atomic mass is 32.1. The molecule has 1 aromatic carbocycles. The summed E-state index contributed by atoms with van der Waals surface area (Å²) < 4.78 is 0.879. The Morgan fingerprint density at radius 2 is 2.18 bits per heavy atom. The van der Waals surface area contributed by atoms with Crippen LogP contribution >= 0.6 is 11.3 Å². The van der Waals surface area contributed by atoms with Crippen molar-refractivity contribution in [3.63, 3.8) is 0 Å². The number of benzene rings is 1. The van der Waals surface area contributed by atoms with E-state index < -0.39 is 0 Å². The van der Waals surface area contributed by atoms with Gasteiger partial charge >= 0.3 is 0 Å². The molecule has 2 heterocycles. The highest BCUT2D eigenvalue weighted by Crippen LogP contribution is 2.16. The van der Waals surface area contributed by atoms with Gasteiger partial charge in [0.25, 0.3) is 0 Å². The SMILES string of the molecule is Cc1ccc2[nH]c3[nH]nc(N=N)sc=3[nH]c2c1. The Morgan fingerprint density at radius 1 is 1.29 bits per heavy atom. The van der Waals surface area contributed by atoms with Gasteiger partial charge in [0.1, 0.15) is 4.66 Å². The molecule has 0 amide bonds. The maximum Gasteiger partial charge on any atom is 0.248 e. The molecule has 2 aliphatic heterocycles. The molecule has 17 heavy (non-hydrogen) atoms. The van der Waals surface area contributed by atoms with Crippen LogP contribution in [0.3, 0.4) is 0 Å². The molecule has 0 unspecified atom stereocenters. The van der Waals surface area contributed by atoms with E-state index in [1.807, 2.05) is 19.1 Å². The summed E-state index contributed by atoms with van der Waals surface area (Å²) in [6.45, 7) is 2.05. The molecule has 0 atom stereocenters. The predicted octanol–water partition coefficient (Wildman–Crippen LogP) is 3.10. The van der Waals surface area contributed by atoms with E-state index >= 15 is 0 Å². The Hall–Kier alpha value is -2.15. The van der Waals surface area contributed by atoms with Gasteiger partial charge in [0, 0.05) is 0 Å². The first kappa shape index (κ1) is 10.0. The van der Waals surface area contributed by atoms with Crippen LogP contribution in [0.2, 0.25) is 0 Å². The van der Waals surface area contributed by atoms with Gasteiger partial charge in [0.15, 0.2) is 5.48 Å².